The molecule has 0 spiro atoms. The second kappa shape index (κ2) is 22.1. The Balaban J connectivity index is 2.25. The highest BCUT2D eigenvalue weighted by Crippen LogP contribution is 2.37. The summed E-state index contributed by atoms with van der Waals surface area (Å²) in [6.07, 6.45) is 22.8. The summed E-state index contributed by atoms with van der Waals surface area (Å²) in [5.41, 5.74) is -1.99. The molecule has 0 saturated heterocycles. The Labute approximate surface area is 232 Å². The zero-order chi connectivity index (χ0) is 27.9. The van der Waals surface area contributed by atoms with Gasteiger partial charge in [0.1, 0.15) is 0 Å². The van der Waals surface area contributed by atoms with Crippen molar-refractivity contribution in [3.05, 3.63) is 0 Å². The molecule has 0 aromatic rings. The summed E-state index contributed by atoms with van der Waals surface area (Å²) in [5.74, 6) is -2.55. The first kappa shape index (κ1) is 34.3. The molecule has 0 N–H and O–H groups in total. The van der Waals surface area contributed by atoms with E-state index in [4.69, 9.17) is 9.47 Å². The van der Waals surface area contributed by atoms with E-state index in [0.717, 1.165) is 32.1 Å². The van der Waals surface area contributed by atoms with E-state index in [1.807, 2.05) is 0 Å². The topological polar surface area (TPSA) is 86.7 Å². The molecule has 220 valence electrons. The highest BCUT2D eigenvalue weighted by Gasteiger charge is 2.58. The quantitative estimate of drug-likeness (QED) is 0.0663. The molecule has 6 nitrogen and oxygen atoms in total. The molecule has 0 bridgehead atoms. The molecule has 0 aromatic carbocycles. The first-order chi connectivity index (χ1) is 18.5. The summed E-state index contributed by atoms with van der Waals surface area (Å²) in [6, 6.07) is 0. The minimum absolute atomic E-state index is 0.0160. The second-order valence-electron chi connectivity index (χ2n) is 11.1. The van der Waals surface area contributed by atoms with Gasteiger partial charge in [-0.2, -0.15) is 0 Å². The smallest absolute Gasteiger partial charge is 0.327 e. The molecule has 0 aromatic heterocycles. The molecule has 1 rings (SSSR count). The van der Waals surface area contributed by atoms with Gasteiger partial charge in [0.05, 0.1) is 19.6 Å². The van der Waals surface area contributed by atoms with Crippen molar-refractivity contribution in [2.24, 2.45) is 5.41 Å². The number of carbonyl (C=O) groups is 4. The molecular weight excluding hydrogens is 480 g/mol. The lowest BCUT2D eigenvalue weighted by molar-refractivity contribution is -0.168. The Morgan fingerprint density at radius 3 is 1.29 bits per heavy atom. The fraction of sp³-hybridized carbons (Fsp3) is 0.875. The Hall–Kier alpha value is -1.72. The Morgan fingerprint density at radius 1 is 0.553 bits per heavy atom. The standard InChI is InChI=1S/C32H56O6/c1-3-5-7-9-11-13-15-17-19-21-25-37-30(35)27-32(28(33)23-24-29(32)34)31(36)38-26-22-20-18-16-14-12-10-8-6-4-2/h3-27H2,1-2H3. The number of ether oxygens (including phenoxy) is 2. The van der Waals surface area contributed by atoms with Crippen molar-refractivity contribution >= 4 is 23.5 Å². The highest BCUT2D eigenvalue weighted by molar-refractivity contribution is 6.27. The lowest BCUT2D eigenvalue weighted by atomic mass is 9.81. The molecule has 0 atom stereocenters. The van der Waals surface area contributed by atoms with Crippen LogP contribution in [0.15, 0.2) is 0 Å². The van der Waals surface area contributed by atoms with Gasteiger partial charge in [0, 0.05) is 12.8 Å². The van der Waals surface area contributed by atoms with Gasteiger partial charge in [0.25, 0.3) is 0 Å². The highest BCUT2D eigenvalue weighted by atomic mass is 16.5. The molecule has 0 heterocycles. The van der Waals surface area contributed by atoms with E-state index in [-0.39, 0.29) is 26.1 Å². The van der Waals surface area contributed by atoms with E-state index < -0.39 is 35.3 Å². The monoisotopic (exact) mass is 536 g/mol. The normalized spacial score (nSPS) is 14.7. The number of Topliss-reactive ketones (excluding diaryl/α,β-unsaturated/α-hetero) is 2. The van der Waals surface area contributed by atoms with Crippen LogP contribution in [0, 0.1) is 5.41 Å². The van der Waals surface area contributed by atoms with Crippen LogP contribution in [0.2, 0.25) is 0 Å². The van der Waals surface area contributed by atoms with Crippen molar-refractivity contribution in [1.82, 2.24) is 0 Å². The number of hydrogen-bond donors (Lipinski definition) is 0. The fourth-order valence-electron chi connectivity index (χ4n) is 5.23. The third kappa shape index (κ3) is 13.9. The maximum atomic E-state index is 12.9. The molecule has 0 unspecified atom stereocenters. The van der Waals surface area contributed by atoms with Crippen molar-refractivity contribution in [2.75, 3.05) is 13.2 Å². The number of unbranched alkanes of at least 4 members (excludes halogenated alkanes) is 18. The van der Waals surface area contributed by atoms with Crippen LogP contribution in [0.3, 0.4) is 0 Å². The van der Waals surface area contributed by atoms with Crippen LogP contribution < -0.4 is 0 Å². The lowest BCUT2D eigenvalue weighted by Crippen LogP contribution is -2.44. The van der Waals surface area contributed by atoms with E-state index >= 15 is 0 Å². The van der Waals surface area contributed by atoms with E-state index in [1.54, 1.807) is 0 Å². The van der Waals surface area contributed by atoms with E-state index in [0.29, 0.717) is 6.42 Å². The summed E-state index contributed by atoms with van der Waals surface area (Å²) in [6.45, 7) is 4.87. The molecule has 0 radical (unpaired) electrons. The van der Waals surface area contributed by atoms with Gasteiger partial charge < -0.3 is 9.47 Å². The number of esters is 2. The van der Waals surface area contributed by atoms with Gasteiger partial charge in [-0.05, 0) is 12.8 Å². The number of carbonyl (C=O) groups excluding carboxylic acids is 4. The van der Waals surface area contributed by atoms with Gasteiger partial charge in [-0.25, -0.2) is 0 Å². The Kier molecular flexibility index (Phi) is 20.0. The minimum atomic E-state index is -1.99. The van der Waals surface area contributed by atoms with E-state index in [2.05, 4.69) is 13.8 Å². The zero-order valence-electron chi connectivity index (χ0n) is 24.6. The molecule has 0 amide bonds. The first-order valence-electron chi connectivity index (χ1n) is 15.9. The van der Waals surface area contributed by atoms with E-state index in [1.165, 1.54) is 89.9 Å². The number of rotatable bonds is 25. The van der Waals surface area contributed by atoms with Crippen LogP contribution in [0.25, 0.3) is 0 Å². The molecular formula is C32H56O6. The second-order valence-corrected chi connectivity index (χ2v) is 11.1. The predicted octanol–water partition coefficient (Wildman–Crippen LogP) is 8.22. The maximum Gasteiger partial charge on any atom is 0.327 e. The van der Waals surface area contributed by atoms with Gasteiger partial charge >= 0.3 is 11.9 Å². The molecule has 1 aliphatic rings. The third-order valence-corrected chi connectivity index (χ3v) is 7.78. The van der Waals surface area contributed by atoms with Gasteiger partial charge in [-0.1, -0.05) is 129 Å². The van der Waals surface area contributed by atoms with Gasteiger partial charge in [-0.3, -0.25) is 19.2 Å². The molecule has 1 fully saturated rings. The Bertz CT molecular complexity index is 655. The minimum Gasteiger partial charge on any atom is -0.466 e. The Morgan fingerprint density at radius 2 is 0.895 bits per heavy atom. The SMILES string of the molecule is CCCCCCCCCCCCOC(=O)CC1(C(=O)OCCCCCCCCCCCC)C(=O)CCC1=O. The fourth-order valence-corrected chi connectivity index (χ4v) is 5.23. The van der Waals surface area contributed by atoms with Gasteiger partial charge in [0.15, 0.2) is 17.0 Å². The summed E-state index contributed by atoms with van der Waals surface area (Å²) in [4.78, 5) is 50.6. The van der Waals surface area contributed by atoms with Crippen LogP contribution in [0.4, 0.5) is 0 Å². The number of ketones is 2. The molecule has 1 saturated carbocycles. The van der Waals surface area contributed by atoms with Crippen LogP contribution in [0.5, 0.6) is 0 Å². The molecule has 0 aliphatic heterocycles. The van der Waals surface area contributed by atoms with E-state index in [9.17, 15) is 19.2 Å². The third-order valence-electron chi connectivity index (χ3n) is 7.78. The summed E-state index contributed by atoms with van der Waals surface area (Å²) >= 11 is 0. The zero-order valence-corrected chi connectivity index (χ0v) is 24.6. The predicted molar refractivity (Wildman–Crippen MR) is 152 cm³/mol. The molecule has 1 aliphatic carbocycles. The van der Waals surface area contributed by atoms with Crippen molar-refractivity contribution in [2.45, 2.75) is 162 Å². The van der Waals surface area contributed by atoms with Crippen LogP contribution in [-0.4, -0.2) is 36.7 Å². The largest absolute Gasteiger partial charge is 0.466 e. The summed E-state index contributed by atoms with van der Waals surface area (Å²) < 4.78 is 10.7. The number of hydrogen-bond acceptors (Lipinski definition) is 6. The van der Waals surface area contributed by atoms with Crippen LogP contribution in [0.1, 0.15) is 162 Å². The average molecular weight is 537 g/mol. The summed E-state index contributed by atoms with van der Waals surface area (Å²) in [5, 5.41) is 0. The van der Waals surface area contributed by atoms with Crippen LogP contribution >= 0.6 is 0 Å². The van der Waals surface area contributed by atoms with Gasteiger partial charge in [-0.15, -0.1) is 0 Å². The molecule has 38 heavy (non-hydrogen) atoms. The average Bonchev–Trinajstić information content (AvgIpc) is 3.19. The maximum absolute atomic E-state index is 12.9. The summed E-state index contributed by atoms with van der Waals surface area (Å²) in [7, 11) is 0. The van der Waals surface area contributed by atoms with Gasteiger partial charge in [0.2, 0.25) is 0 Å². The van der Waals surface area contributed by atoms with Crippen molar-refractivity contribution < 1.29 is 28.7 Å². The molecule has 6 heteroatoms. The van der Waals surface area contributed by atoms with Crippen LogP contribution in [-0.2, 0) is 28.7 Å². The first-order valence-corrected chi connectivity index (χ1v) is 15.9. The van der Waals surface area contributed by atoms with Crippen molar-refractivity contribution in [3.63, 3.8) is 0 Å². The lowest BCUT2D eigenvalue weighted by Gasteiger charge is -2.22. The van der Waals surface area contributed by atoms with Crippen molar-refractivity contribution in [1.29, 1.82) is 0 Å². The van der Waals surface area contributed by atoms with Crippen molar-refractivity contribution in [3.8, 4) is 0 Å².